The van der Waals surface area contributed by atoms with Crippen molar-refractivity contribution in [3.63, 3.8) is 0 Å². The van der Waals surface area contributed by atoms with E-state index in [1.165, 1.54) is 24.5 Å². The van der Waals surface area contributed by atoms with Gasteiger partial charge in [-0.25, -0.2) is 13.4 Å². The number of ether oxygens (including phenoxy) is 3. The predicted molar refractivity (Wildman–Crippen MR) is 105 cm³/mol. The molecule has 0 unspecified atom stereocenters. The molecule has 28 heavy (non-hydrogen) atoms. The fourth-order valence-electron chi connectivity index (χ4n) is 2.76. The molecule has 2 heterocycles. The second kappa shape index (κ2) is 6.95. The molecule has 0 bridgehead atoms. The van der Waals surface area contributed by atoms with Gasteiger partial charge in [0.15, 0.2) is 26.5 Å². The molecule has 1 aromatic heterocycles. The van der Waals surface area contributed by atoms with Crippen LogP contribution in [0.15, 0.2) is 35.2 Å². The molecule has 10 heteroatoms. The van der Waals surface area contributed by atoms with Crippen LogP contribution in [0.3, 0.4) is 0 Å². The smallest absolute Gasteiger partial charge is 0.257 e. The molecule has 1 aliphatic heterocycles. The minimum atomic E-state index is -3.32. The maximum absolute atomic E-state index is 12.7. The Morgan fingerprint density at radius 3 is 2.75 bits per heavy atom. The van der Waals surface area contributed by atoms with Gasteiger partial charge >= 0.3 is 0 Å². The minimum Gasteiger partial charge on any atom is -0.493 e. The summed E-state index contributed by atoms with van der Waals surface area (Å²) in [5, 5.41) is 3.09. The fourth-order valence-corrected chi connectivity index (χ4v) is 4.38. The number of sulfone groups is 1. The van der Waals surface area contributed by atoms with Crippen LogP contribution in [0.5, 0.6) is 17.2 Å². The van der Waals surface area contributed by atoms with E-state index >= 15 is 0 Å². The minimum absolute atomic E-state index is 0.207. The zero-order valence-corrected chi connectivity index (χ0v) is 16.6. The first-order chi connectivity index (χ1) is 13.3. The average molecular weight is 420 g/mol. The van der Waals surface area contributed by atoms with Crippen LogP contribution in [-0.4, -0.2) is 45.9 Å². The van der Waals surface area contributed by atoms with E-state index in [1.807, 2.05) is 0 Å². The summed E-state index contributed by atoms with van der Waals surface area (Å²) >= 11 is 1.19. The lowest BCUT2D eigenvalue weighted by Crippen LogP contribution is -2.18. The molecule has 0 aliphatic carbocycles. The van der Waals surface area contributed by atoms with E-state index in [1.54, 1.807) is 24.3 Å². The maximum atomic E-state index is 12.7. The number of carbonyl (C=O) groups excluding carboxylic acids is 1. The molecule has 0 spiro atoms. The monoisotopic (exact) mass is 420 g/mol. The van der Waals surface area contributed by atoms with Crippen molar-refractivity contribution in [2.45, 2.75) is 4.90 Å². The Bertz CT molecular complexity index is 1170. The van der Waals surface area contributed by atoms with Gasteiger partial charge in [-0.15, -0.1) is 0 Å². The number of nitrogens with zero attached hydrogens (tertiary/aromatic N) is 1. The Morgan fingerprint density at radius 1 is 1.21 bits per heavy atom. The van der Waals surface area contributed by atoms with Gasteiger partial charge in [-0.2, -0.15) is 0 Å². The van der Waals surface area contributed by atoms with Crippen LogP contribution in [0.25, 0.3) is 10.2 Å². The van der Waals surface area contributed by atoms with Crippen LogP contribution in [0.2, 0.25) is 0 Å². The molecule has 2 aromatic carbocycles. The van der Waals surface area contributed by atoms with Crippen LogP contribution in [0, 0.1) is 0 Å². The van der Waals surface area contributed by atoms with Gasteiger partial charge in [0.05, 0.1) is 22.2 Å². The Kier molecular flexibility index (Phi) is 4.60. The third kappa shape index (κ3) is 3.48. The Labute approximate surface area is 165 Å². The predicted octanol–water partition coefficient (Wildman–Crippen LogP) is 2.73. The van der Waals surface area contributed by atoms with Crippen molar-refractivity contribution in [3.8, 4) is 17.2 Å². The summed E-state index contributed by atoms with van der Waals surface area (Å²) < 4.78 is 40.4. The van der Waals surface area contributed by atoms with Crippen molar-refractivity contribution in [1.82, 2.24) is 4.98 Å². The summed E-state index contributed by atoms with van der Waals surface area (Å²) in [6.07, 6.45) is 1.15. The molecule has 0 saturated heterocycles. The molecule has 1 aliphatic rings. The van der Waals surface area contributed by atoms with Crippen molar-refractivity contribution in [1.29, 1.82) is 0 Å². The number of hydrogen-bond acceptors (Lipinski definition) is 8. The number of anilines is 1. The molecule has 1 amide bonds. The number of rotatable bonds is 4. The third-order valence-corrected chi connectivity index (χ3v) is 6.14. The molecule has 0 radical (unpaired) electrons. The molecule has 0 fully saturated rings. The number of fused-ring (bicyclic) bond motifs is 2. The normalized spacial score (nSPS) is 13.4. The van der Waals surface area contributed by atoms with Gasteiger partial charge < -0.3 is 14.2 Å². The van der Waals surface area contributed by atoms with Crippen molar-refractivity contribution >= 4 is 42.4 Å². The van der Waals surface area contributed by atoms with Crippen LogP contribution in [0.4, 0.5) is 5.13 Å². The van der Waals surface area contributed by atoms with E-state index in [2.05, 4.69) is 10.3 Å². The van der Waals surface area contributed by atoms with E-state index in [0.29, 0.717) is 51.4 Å². The van der Waals surface area contributed by atoms with Crippen molar-refractivity contribution in [2.75, 3.05) is 31.9 Å². The summed E-state index contributed by atoms with van der Waals surface area (Å²) in [4.78, 5) is 17.2. The molecule has 146 valence electrons. The maximum Gasteiger partial charge on any atom is 0.257 e. The van der Waals surface area contributed by atoms with Gasteiger partial charge in [0, 0.05) is 11.8 Å². The number of thiazole rings is 1. The fraction of sp³-hybridized carbons (Fsp3) is 0.222. The molecule has 8 nitrogen and oxygen atoms in total. The molecule has 0 atom stereocenters. The average Bonchev–Trinajstić information content (AvgIpc) is 3.07. The number of nitrogens with one attached hydrogen (secondary N) is 1. The summed E-state index contributed by atoms with van der Waals surface area (Å²) in [5.41, 5.74) is 0.935. The highest BCUT2D eigenvalue weighted by atomic mass is 32.2. The summed E-state index contributed by atoms with van der Waals surface area (Å²) in [7, 11) is -1.83. The number of carbonyl (C=O) groups is 1. The summed E-state index contributed by atoms with van der Waals surface area (Å²) in [5.74, 6) is 0.929. The first kappa shape index (κ1) is 18.5. The highest BCUT2D eigenvalue weighted by molar-refractivity contribution is 7.90. The second-order valence-corrected chi connectivity index (χ2v) is 9.12. The molecule has 1 N–H and O–H groups in total. The third-order valence-electron chi connectivity index (χ3n) is 4.10. The Morgan fingerprint density at radius 2 is 2.00 bits per heavy atom. The van der Waals surface area contributed by atoms with E-state index in [-0.39, 0.29) is 4.90 Å². The lowest BCUT2D eigenvalue weighted by atomic mass is 10.1. The Hall–Kier alpha value is -2.85. The first-order valence-electron chi connectivity index (χ1n) is 8.25. The summed E-state index contributed by atoms with van der Waals surface area (Å²) in [6.45, 7) is 0.803. The molecule has 0 saturated carbocycles. The number of hydrogen-bond donors (Lipinski definition) is 1. The second-order valence-electron chi connectivity index (χ2n) is 6.08. The molecular formula is C18H16N2O6S2. The van der Waals surface area contributed by atoms with Gasteiger partial charge in [0.25, 0.3) is 5.91 Å². The molecule has 3 aromatic rings. The van der Waals surface area contributed by atoms with Gasteiger partial charge in [0.1, 0.15) is 13.2 Å². The summed E-state index contributed by atoms with van der Waals surface area (Å²) in [6, 6.07) is 7.81. The quantitative estimate of drug-likeness (QED) is 0.692. The largest absolute Gasteiger partial charge is 0.493 e. The van der Waals surface area contributed by atoms with Crippen LogP contribution >= 0.6 is 11.3 Å². The SMILES string of the molecule is COc1cc(C(=O)Nc2nc3ccc(S(C)(=O)=O)cc3s2)cc2c1OCCO2. The molecular weight excluding hydrogens is 404 g/mol. The van der Waals surface area contributed by atoms with Crippen LogP contribution in [-0.2, 0) is 9.84 Å². The lowest BCUT2D eigenvalue weighted by Gasteiger charge is -2.21. The van der Waals surface area contributed by atoms with E-state index in [9.17, 15) is 13.2 Å². The van der Waals surface area contributed by atoms with Gasteiger partial charge in [-0.1, -0.05) is 11.3 Å². The van der Waals surface area contributed by atoms with Gasteiger partial charge in [-0.3, -0.25) is 10.1 Å². The Balaban J connectivity index is 1.63. The highest BCUT2D eigenvalue weighted by Gasteiger charge is 2.21. The van der Waals surface area contributed by atoms with Crippen molar-refractivity contribution in [3.05, 3.63) is 35.9 Å². The van der Waals surface area contributed by atoms with Crippen molar-refractivity contribution in [2.24, 2.45) is 0 Å². The van der Waals surface area contributed by atoms with Gasteiger partial charge in [-0.05, 0) is 30.3 Å². The topological polar surface area (TPSA) is 104 Å². The van der Waals surface area contributed by atoms with E-state index in [4.69, 9.17) is 14.2 Å². The standard InChI is InChI=1S/C18H16N2O6S2/c1-24-13-7-10(8-14-16(13)26-6-5-25-14)17(21)20-18-19-12-4-3-11(28(2,22)23)9-15(12)27-18/h3-4,7-9H,5-6H2,1-2H3,(H,19,20,21). The first-order valence-corrected chi connectivity index (χ1v) is 11.0. The van der Waals surface area contributed by atoms with E-state index in [0.717, 1.165) is 6.26 Å². The number of methoxy groups -OCH3 is 1. The number of benzene rings is 2. The zero-order valence-electron chi connectivity index (χ0n) is 15.0. The number of aromatic nitrogens is 1. The zero-order chi connectivity index (χ0) is 19.9. The van der Waals surface area contributed by atoms with E-state index < -0.39 is 15.7 Å². The highest BCUT2D eigenvalue weighted by Crippen LogP contribution is 2.40. The lowest BCUT2D eigenvalue weighted by molar-refractivity contribution is 0.102. The molecule has 4 rings (SSSR count). The van der Waals surface area contributed by atoms with Gasteiger partial charge in [0.2, 0.25) is 5.75 Å². The van der Waals surface area contributed by atoms with Crippen LogP contribution in [0.1, 0.15) is 10.4 Å². The van der Waals surface area contributed by atoms with Crippen molar-refractivity contribution < 1.29 is 27.4 Å². The number of amides is 1. The van der Waals surface area contributed by atoms with Crippen LogP contribution < -0.4 is 19.5 Å².